The van der Waals surface area contributed by atoms with Crippen LogP contribution < -0.4 is 0 Å². The zero-order chi connectivity index (χ0) is 13.7. The van der Waals surface area contributed by atoms with E-state index in [4.69, 9.17) is 34.8 Å². The Kier molecular flexibility index (Phi) is 6.52. The van der Waals surface area contributed by atoms with E-state index < -0.39 is 4.92 Å². The van der Waals surface area contributed by atoms with Crippen LogP contribution in [-0.2, 0) is 0 Å². The summed E-state index contributed by atoms with van der Waals surface area (Å²) in [6.07, 6.45) is 0. The topological polar surface area (TPSA) is 43.1 Å². The monoisotopic (exact) mass is 387 g/mol. The molecule has 0 N–H and O–H groups in total. The fraction of sp³-hybridized carbons (Fsp3) is 0. The van der Waals surface area contributed by atoms with Gasteiger partial charge in [0.2, 0.25) is 0 Å². The SMILES string of the molecule is O=[N+]([O-])/C(C(Cl)=C(Cl)Cl)=C(/Br)Sc1ccccc1. The molecule has 96 valence electrons. The minimum atomic E-state index is -0.646. The van der Waals surface area contributed by atoms with Gasteiger partial charge in [-0.15, -0.1) is 0 Å². The Morgan fingerprint density at radius 1 is 1.22 bits per heavy atom. The highest BCUT2D eigenvalue weighted by Crippen LogP contribution is 2.38. The van der Waals surface area contributed by atoms with Crippen LogP contribution >= 0.6 is 62.5 Å². The van der Waals surface area contributed by atoms with Gasteiger partial charge in [0.1, 0.15) is 8.31 Å². The van der Waals surface area contributed by atoms with Gasteiger partial charge in [-0.25, -0.2) is 0 Å². The molecule has 0 unspecified atom stereocenters. The molecular weight excluding hydrogens is 384 g/mol. The molecule has 0 radical (unpaired) electrons. The van der Waals surface area contributed by atoms with E-state index >= 15 is 0 Å². The van der Waals surface area contributed by atoms with Crippen LogP contribution in [-0.4, -0.2) is 4.92 Å². The second-order valence-electron chi connectivity index (χ2n) is 2.87. The molecule has 0 aliphatic heterocycles. The number of halogens is 4. The van der Waals surface area contributed by atoms with Crippen molar-refractivity contribution < 1.29 is 4.92 Å². The highest BCUT2D eigenvalue weighted by molar-refractivity contribution is 9.14. The summed E-state index contributed by atoms with van der Waals surface area (Å²) in [7, 11) is 0. The standard InChI is InChI=1S/C10H5BrCl3NO2S/c11-9(18-6-4-2-1-3-5-6)8(15(16)17)7(12)10(13)14/h1-5H/b9-8-. The van der Waals surface area contributed by atoms with E-state index in [1.165, 1.54) is 0 Å². The number of rotatable bonds is 4. The van der Waals surface area contributed by atoms with Gasteiger partial charge < -0.3 is 0 Å². The van der Waals surface area contributed by atoms with E-state index in [1.54, 1.807) is 0 Å². The number of benzene rings is 1. The Balaban J connectivity index is 3.14. The second-order valence-corrected chi connectivity index (χ2v) is 6.60. The van der Waals surface area contributed by atoms with Gasteiger partial charge in [0.15, 0.2) is 5.03 Å². The number of hydrogen-bond donors (Lipinski definition) is 0. The highest BCUT2D eigenvalue weighted by atomic mass is 79.9. The number of thioether (sulfide) groups is 1. The van der Waals surface area contributed by atoms with Gasteiger partial charge in [-0.2, -0.15) is 0 Å². The van der Waals surface area contributed by atoms with Crippen LogP contribution in [0, 0.1) is 10.1 Å². The van der Waals surface area contributed by atoms with Gasteiger partial charge >= 0.3 is 5.70 Å². The minimum Gasteiger partial charge on any atom is -0.258 e. The summed E-state index contributed by atoms with van der Waals surface area (Å²) >= 11 is 20.9. The Morgan fingerprint density at radius 2 is 1.78 bits per heavy atom. The van der Waals surface area contributed by atoms with Crippen molar-refractivity contribution in [2.45, 2.75) is 4.90 Å². The lowest BCUT2D eigenvalue weighted by molar-refractivity contribution is -0.419. The lowest BCUT2D eigenvalue weighted by atomic mass is 10.4. The molecule has 1 aromatic rings. The van der Waals surface area contributed by atoms with Crippen molar-refractivity contribution in [1.82, 2.24) is 0 Å². The molecular formula is C10H5BrCl3NO2S. The molecule has 0 fully saturated rings. The molecule has 0 atom stereocenters. The Labute approximate surface area is 131 Å². The molecule has 0 aromatic heterocycles. The van der Waals surface area contributed by atoms with Crippen LogP contribution in [0.5, 0.6) is 0 Å². The van der Waals surface area contributed by atoms with Gasteiger partial charge in [0, 0.05) is 4.90 Å². The van der Waals surface area contributed by atoms with E-state index in [9.17, 15) is 10.1 Å². The smallest absolute Gasteiger partial charge is 0.258 e. The molecule has 1 rings (SSSR count). The summed E-state index contributed by atoms with van der Waals surface area (Å²) in [6.45, 7) is 0. The predicted octanol–water partition coefficient (Wildman–Crippen LogP) is 5.50. The third-order valence-electron chi connectivity index (χ3n) is 1.69. The van der Waals surface area contributed by atoms with Crippen molar-refractivity contribution in [3.05, 3.63) is 59.5 Å². The highest BCUT2D eigenvalue weighted by Gasteiger charge is 2.24. The Bertz CT molecular complexity index is 515. The Hall–Kier alpha value is -0.200. The fourth-order valence-corrected chi connectivity index (χ4v) is 3.16. The van der Waals surface area contributed by atoms with Crippen LogP contribution in [0.25, 0.3) is 0 Å². The van der Waals surface area contributed by atoms with Crippen molar-refractivity contribution >= 4 is 62.5 Å². The lowest BCUT2D eigenvalue weighted by Gasteiger charge is -2.02. The molecule has 0 spiro atoms. The lowest BCUT2D eigenvalue weighted by Crippen LogP contribution is -2.00. The number of hydrogen-bond acceptors (Lipinski definition) is 3. The first-order valence-electron chi connectivity index (χ1n) is 4.41. The number of nitrogens with zero attached hydrogens (tertiary/aromatic N) is 1. The van der Waals surface area contributed by atoms with Crippen molar-refractivity contribution in [2.24, 2.45) is 0 Å². The first-order valence-corrected chi connectivity index (χ1v) is 7.16. The maximum Gasteiger partial charge on any atom is 0.311 e. The molecule has 3 nitrogen and oxygen atoms in total. The summed E-state index contributed by atoms with van der Waals surface area (Å²) in [5, 5.41) is 10.6. The molecule has 0 bridgehead atoms. The summed E-state index contributed by atoms with van der Waals surface area (Å²) < 4.78 is -0.128. The van der Waals surface area contributed by atoms with Crippen molar-refractivity contribution in [2.75, 3.05) is 0 Å². The largest absolute Gasteiger partial charge is 0.311 e. The van der Waals surface area contributed by atoms with E-state index in [0.29, 0.717) is 0 Å². The van der Waals surface area contributed by atoms with Gasteiger partial charge in [-0.05, 0) is 28.1 Å². The van der Waals surface area contributed by atoms with Crippen LogP contribution in [0.3, 0.4) is 0 Å². The van der Waals surface area contributed by atoms with E-state index in [0.717, 1.165) is 16.7 Å². The average Bonchev–Trinajstić information content (AvgIpc) is 2.29. The van der Waals surface area contributed by atoms with Gasteiger partial charge in [0.25, 0.3) is 0 Å². The molecule has 0 heterocycles. The van der Waals surface area contributed by atoms with E-state index in [2.05, 4.69) is 15.9 Å². The summed E-state index contributed by atoms with van der Waals surface area (Å²) in [4.78, 5) is 11.1. The van der Waals surface area contributed by atoms with Crippen molar-refractivity contribution in [1.29, 1.82) is 0 Å². The first kappa shape index (κ1) is 15.9. The minimum absolute atomic E-state index is 0.225. The van der Waals surface area contributed by atoms with Crippen LogP contribution in [0.2, 0.25) is 0 Å². The molecule has 8 heteroatoms. The first-order chi connectivity index (χ1) is 8.43. The molecule has 1 aromatic carbocycles. The number of nitro groups is 1. The quantitative estimate of drug-likeness (QED) is 0.295. The number of allylic oxidation sites excluding steroid dienone is 1. The summed E-state index contributed by atoms with van der Waals surface area (Å²) in [6, 6.07) is 9.10. The maximum atomic E-state index is 10.9. The van der Waals surface area contributed by atoms with Crippen LogP contribution in [0.15, 0.2) is 54.3 Å². The zero-order valence-corrected chi connectivity index (χ0v) is 13.2. The van der Waals surface area contributed by atoms with E-state index in [1.807, 2.05) is 30.3 Å². The predicted molar refractivity (Wildman–Crippen MR) is 79.8 cm³/mol. The van der Waals surface area contributed by atoms with E-state index in [-0.39, 0.29) is 19.0 Å². The van der Waals surface area contributed by atoms with Crippen LogP contribution in [0.1, 0.15) is 0 Å². The third-order valence-corrected chi connectivity index (χ3v) is 4.37. The van der Waals surface area contributed by atoms with Gasteiger partial charge in [-0.3, -0.25) is 10.1 Å². The molecule has 0 saturated carbocycles. The van der Waals surface area contributed by atoms with Crippen molar-refractivity contribution in [3.8, 4) is 0 Å². The molecule has 0 aliphatic rings. The zero-order valence-electron chi connectivity index (χ0n) is 8.57. The molecule has 0 aliphatic carbocycles. The van der Waals surface area contributed by atoms with Gasteiger partial charge in [-0.1, -0.05) is 64.8 Å². The molecule has 0 saturated heterocycles. The normalized spacial score (nSPS) is 11.8. The second kappa shape index (κ2) is 7.40. The molecule has 0 amide bonds. The Morgan fingerprint density at radius 3 is 2.22 bits per heavy atom. The third kappa shape index (κ3) is 4.48. The fourth-order valence-electron chi connectivity index (χ4n) is 0.968. The van der Waals surface area contributed by atoms with Crippen LogP contribution in [0.4, 0.5) is 0 Å². The summed E-state index contributed by atoms with van der Waals surface area (Å²) in [5.41, 5.74) is -0.370. The molecule has 18 heavy (non-hydrogen) atoms. The maximum absolute atomic E-state index is 10.9. The van der Waals surface area contributed by atoms with Crippen molar-refractivity contribution in [3.63, 3.8) is 0 Å². The average molecular weight is 389 g/mol. The van der Waals surface area contributed by atoms with Gasteiger partial charge in [0.05, 0.1) is 4.92 Å². The summed E-state index contributed by atoms with van der Waals surface area (Å²) in [5.74, 6) is 0.